The summed E-state index contributed by atoms with van der Waals surface area (Å²) in [5.41, 5.74) is 1.32. The molecule has 0 saturated heterocycles. The Balaban J connectivity index is 2.19. The highest BCUT2D eigenvalue weighted by Crippen LogP contribution is 2.39. The van der Waals surface area contributed by atoms with Crippen molar-refractivity contribution in [3.63, 3.8) is 0 Å². The van der Waals surface area contributed by atoms with Crippen LogP contribution in [0.1, 0.15) is 10.4 Å². The van der Waals surface area contributed by atoms with E-state index in [4.69, 9.17) is 0 Å². The average Bonchev–Trinajstić information content (AvgIpc) is 2.58. The molecule has 0 saturated carbocycles. The van der Waals surface area contributed by atoms with Crippen molar-refractivity contribution in [2.75, 3.05) is 0 Å². The van der Waals surface area contributed by atoms with Gasteiger partial charge >= 0.3 is 0 Å². The van der Waals surface area contributed by atoms with Gasteiger partial charge in [-0.15, -0.1) is 11.3 Å². The lowest BCUT2D eigenvalue weighted by molar-refractivity contribution is 1.41. The molecule has 0 spiro atoms. The fourth-order valence-corrected chi connectivity index (χ4v) is 3.49. The van der Waals surface area contributed by atoms with Crippen LogP contribution in [0.15, 0.2) is 45.5 Å². The van der Waals surface area contributed by atoms with Crippen molar-refractivity contribution in [1.29, 1.82) is 0 Å². The topological polar surface area (TPSA) is 0 Å². The van der Waals surface area contributed by atoms with Crippen LogP contribution >= 0.6 is 23.1 Å². The second-order valence-electron chi connectivity index (χ2n) is 3.12. The van der Waals surface area contributed by atoms with Crippen LogP contribution in [-0.2, 0) is 0 Å². The predicted octanol–water partition coefficient (Wildman–Crippen LogP) is 4.38. The second-order valence-corrected chi connectivity index (χ2v) is 5.15. The first-order chi connectivity index (χ1) is 6.93. The van der Waals surface area contributed by atoms with Gasteiger partial charge in [0.1, 0.15) is 0 Å². The van der Waals surface area contributed by atoms with Crippen LogP contribution in [0.25, 0.3) is 12.2 Å². The van der Waals surface area contributed by atoms with Crippen LogP contribution in [0, 0.1) is 0 Å². The summed E-state index contributed by atoms with van der Waals surface area (Å²) in [4.78, 5) is 4.09. The lowest BCUT2D eigenvalue weighted by Crippen LogP contribution is -1.75. The van der Waals surface area contributed by atoms with E-state index in [0.717, 1.165) is 0 Å². The van der Waals surface area contributed by atoms with Gasteiger partial charge in [-0.1, -0.05) is 36.0 Å². The summed E-state index contributed by atoms with van der Waals surface area (Å²) in [6.45, 7) is 0. The predicted molar refractivity (Wildman–Crippen MR) is 63.8 cm³/mol. The van der Waals surface area contributed by atoms with Crippen molar-refractivity contribution in [3.05, 3.63) is 46.2 Å². The molecule has 0 unspecified atom stereocenters. The fraction of sp³-hybridized carbons (Fsp3) is 0. The van der Waals surface area contributed by atoms with Crippen LogP contribution in [-0.4, -0.2) is 0 Å². The van der Waals surface area contributed by atoms with Crippen molar-refractivity contribution in [2.24, 2.45) is 0 Å². The number of thiophene rings is 1. The number of fused-ring (bicyclic) bond motifs is 2. The molecule has 3 rings (SSSR count). The molecule has 68 valence electrons. The van der Waals surface area contributed by atoms with Gasteiger partial charge in [-0.05, 0) is 29.2 Å². The van der Waals surface area contributed by atoms with Crippen molar-refractivity contribution in [2.45, 2.75) is 9.79 Å². The normalized spacial score (nSPS) is 13.1. The summed E-state index contributed by atoms with van der Waals surface area (Å²) in [5.74, 6) is 0. The smallest absolute Gasteiger partial charge is 0.0410 e. The van der Waals surface area contributed by atoms with E-state index in [0.29, 0.717) is 0 Å². The molecule has 0 fully saturated rings. The van der Waals surface area contributed by atoms with Gasteiger partial charge in [-0.2, -0.15) is 0 Å². The second kappa shape index (κ2) is 3.30. The quantitative estimate of drug-likeness (QED) is 0.537. The van der Waals surface area contributed by atoms with Gasteiger partial charge in [0.25, 0.3) is 0 Å². The Morgan fingerprint density at radius 3 is 2.79 bits per heavy atom. The van der Waals surface area contributed by atoms with Crippen molar-refractivity contribution in [3.8, 4) is 0 Å². The number of benzene rings is 1. The summed E-state index contributed by atoms with van der Waals surface area (Å²) < 4.78 is 0. The Kier molecular flexibility index (Phi) is 1.96. The van der Waals surface area contributed by atoms with Crippen LogP contribution < -0.4 is 0 Å². The Labute approximate surface area is 91.3 Å². The first-order valence-electron chi connectivity index (χ1n) is 4.46. The van der Waals surface area contributed by atoms with Crippen molar-refractivity contribution >= 4 is 35.3 Å². The highest BCUT2D eigenvalue weighted by atomic mass is 32.2. The first-order valence-corrected chi connectivity index (χ1v) is 6.15. The molecule has 0 nitrogen and oxygen atoms in total. The minimum Gasteiger partial charge on any atom is -0.143 e. The number of hydrogen-bond acceptors (Lipinski definition) is 2. The van der Waals surface area contributed by atoms with E-state index in [9.17, 15) is 0 Å². The molecule has 0 bridgehead atoms. The molecular formula is C12H8S2. The molecule has 2 heterocycles. The van der Waals surface area contributed by atoms with E-state index in [2.05, 4.69) is 47.9 Å². The molecule has 0 N–H and O–H groups in total. The average molecular weight is 216 g/mol. The van der Waals surface area contributed by atoms with Gasteiger partial charge in [0.15, 0.2) is 0 Å². The highest BCUT2D eigenvalue weighted by molar-refractivity contribution is 7.99. The molecule has 2 heteroatoms. The molecular weight excluding hydrogens is 208 g/mol. The fourth-order valence-electron chi connectivity index (χ4n) is 1.51. The number of rotatable bonds is 0. The molecule has 1 aromatic heterocycles. The lowest BCUT2D eigenvalue weighted by atomic mass is 10.2. The van der Waals surface area contributed by atoms with Gasteiger partial charge in [-0.25, -0.2) is 0 Å². The van der Waals surface area contributed by atoms with Gasteiger partial charge in [0.05, 0.1) is 0 Å². The third-order valence-corrected chi connectivity index (χ3v) is 4.39. The Morgan fingerprint density at radius 2 is 1.79 bits per heavy atom. The minimum absolute atomic E-state index is 1.32. The molecule has 1 aliphatic rings. The van der Waals surface area contributed by atoms with Crippen molar-refractivity contribution < 1.29 is 0 Å². The Hall–Kier alpha value is -0.990. The third kappa shape index (κ3) is 1.31. The molecule has 0 aliphatic carbocycles. The molecule has 14 heavy (non-hydrogen) atoms. The van der Waals surface area contributed by atoms with E-state index < -0.39 is 0 Å². The van der Waals surface area contributed by atoms with E-state index >= 15 is 0 Å². The summed E-state index contributed by atoms with van der Waals surface area (Å²) in [6.07, 6.45) is 4.41. The molecule has 0 atom stereocenters. The maximum absolute atomic E-state index is 2.21. The van der Waals surface area contributed by atoms with E-state index in [1.807, 2.05) is 11.8 Å². The third-order valence-electron chi connectivity index (χ3n) is 2.21. The largest absolute Gasteiger partial charge is 0.143 e. The molecule has 1 aliphatic heterocycles. The van der Waals surface area contributed by atoms with Gasteiger partial charge < -0.3 is 0 Å². The van der Waals surface area contributed by atoms with Crippen LogP contribution in [0.2, 0.25) is 0 Å². The summed E-state index contributed by atoms with van der Waals surface area (Å²) >= 11 is 3.66. The van der Waals surface area contributed by atoms with Crippen molar-refractivity contribution in [1.82, 2.24) is 0 Å². The molecule has 0 amide bonds. The maximum atomic E-state index is 2.21. The van der Waals surface area contributed by atoms with Crippen LogP contribution in [0.4, 0.5) is 0 Å². The summed E-state index contributed by atoms with van der Waals surface area (Å²) in [6, 6.07) is 10.7. The first kappa shape index (κ1) is 8.33. The SMILES string of the molecule is C1=Cc2sccc2Sc2ccccc21. The highest BCUT2D eigenvalue weighted by Gasteiger charge is 2.09. The van der Waals surface area contributed by atoms with E-state index in [-0.39, 0.29) is 0 Å². The standard InChI is InChI=1S/C12H8S2/c1-2-4-10-9(3-1)5-6-11-12(14-10)7-8-13-11/h1-8H. The molecule has 2 aromatic rings. The zero-order chi connectivity index (χ0) is 9.38. The zero-order valence-corrected chi connectivity index (χ0v) is 9.07. The van der Waals surface area contributed by atoms with Gasteiger partial charge in [-0.3, -0.25) is 0 Å². The maximum Gasteiger partial charge on any atom is 0.0410 e. The molecule has 1 aromatic carbocycles. The Morgan fingerprint density at radius 1 is 0.857 bits per heavy atom. The monoisotopic (exact) mass is 216 g/mol. The summed E-state index contributed by atoms with van der Waals surface area (Å²) in [5, 5.41) is 2.15. The number of hydrogen-bond donors (Lipinski definition) is 0. The van der Waals surface area contributed by atoms with Crippen LogP contribution in [0.5, 0.6) is 0 Å². The zero-order valence-electron chi connectivity index (χ0n) is 7.44. The van der Waals surface area contributed by atoms with E-state index in [1.165, 1.54) is 20.2 Å². The van der Waals surface area contributed by atoms with Gasteiger partial charge in [0, 0.05) is 14.7 Å². The summed E-state index contributed by atoms with van der Waals surface area (Å²) in [7, 11) is 0. The van der Waals surface area contributed by atoms with Gasteiger partial charge in [0.2, 0.25) is 0 Å². The minimum atomic E-state index is 1.32. The lowest BCUT2D eigenvalue weighted by Gasteiger charge is -2.01. The molecule has 0 radical (unpaired) electrons. The van der Waals surface area contributed by atoms with E-state index in [1.54, 1.807) is 11.3 Å². The Bertz CT molecular complexity index is 495. The van der Waals surface area contributed by atoms with Crippen LogP contribution in [0.3, 0.4) is 0 Å².